The predicted molar refractivity (Wildman–Crippen MR) is 106 cm³/mol. The minimum atomic E-state index is 0.000966. The van der Waals surface area contributed by atoms with Crippen LogP contribution >= 0.6 is 0 Å². The number of rotatable bonds is 4. The van der Waals surface area contributed by atoms with Crippen molar-refractivity contribution in [1.82, 2.24) is 25.1 Å². The Bertz CT molecular complexity index is 689. The highest BCUT2D eigenvalue weighted by molar-refractivity contribution is 5.80. The number of hydrogen-bond acceptors (Lipinski definition) is 4. The number of hydrogen-bond donors (Lipinski definition) is 2. The lowest BCUT2D eigenvalue weighted by Crippen LogP contribution is -2.52. The molecule has 1 unspecified atom stereocenters. The van der Waals surface area contributed by atoms with Gasteiger partial charge >= 0.3 is 0 Å². The van der Waals surface area contributed by atoms with E-state index in [0.29, 0.717) is 0 Å². The first-order valence-corrected chi connectivity index (χ1v) is 10.9. The third kappa shape index (κ3) is 4.09. The molecule has 0 bridgehead atoms. The van der Waals surface area contributed by atoms with Gasteiger partial charge in [0.05, 0.1) is 0 Å². The summed E-state index contributed by atoms with van der Waals surface area (Å²) in [5.74, 6) is 1.73. The zero-order chi connectivity index (χ0) is 19.5. The van der Waals surface area contributed by atoms with E-state index in [4.69, 9.17) is 0 Å². The number of nitrogens with zero attached hydrogens (tertiary/aromatic N) is 3. The van der Waals surface area contributed by atoms with Crippen molar-refractivity contribution in [2.24, 2.45) is 18.9 Å². The van der Waals surface area contributed by atoms with Gasteiger partial charge < -0.3 is 20.1 Å². The molecule has 2 heterocycles. The highest BCUT2D eigenvalue weighted by Crippen LogP contribution is 2.31. The second-order valence-electron chi connectivity index (χ2n) is 8.69. The first-order chi connectivity index (χ1) is 13.6. The molecule has 1 aromatic heterocycles. The highest BCUT2D eigenvalue weighted by atomic mass is 16.2. The number of carbonyl (C=O) groups is 2. The second kappa shape index (κ2) is 8.64. The summed E-state index contributed by atoms with van der Waals surface area (Å²) in [4.78, 5) is 32.2. The minimum Gasteiger partial charge on any atom is -0.353 e. The van der Waals surface area contributed by atoms with Gasteiger partial charge in [0, 0.05) is 57.0 Å². The number of aryl methyl sites for hydroxylation is 1. The number of imidazole rings is 1. The van der Waals surface area contributed by atoms with Crippen LogP contribution in [0.3, 0.4) is 0 Å². The maximum Gasteiger partial charge on any atom is 0.226 e. The van der Waals surface area contributed by atoms with Crippen molar-refractivity contribution in [1.29, 1.82) is 0 Å². The van der Waals surface area contributed by atoms with Gasteiger partial charge in [0.2, 0.25) is 11.8 Å². The van der Waals surface area contributed by atoms with E-state index in [2.05, 4.69) is 15.6 Å². The zero-order valence-electron chi connectivity index (χ0n) is 16.9. The average Bonchev–Trinajstić information content (AvgIpc) is 3.40. The molecule has 1 aliphatic heterocycles. The van der Waals surface area contributed by atoms with Gasteiger partial charge in [0.1, 0.15) is 11.9 Å². The fourth-order valence-electron chi connectivity index (χ4n) is 5.12. The molecule has 1 aromatic rings. The number of carbonyl (C=O) groups excluding carboxylic acids is 2. The molecule has 1 atom stereocenters. The van der Waals surface area contributed by atoms with Crippen LogP contribution in [0.2, 0.25) is 0 Å². The van der Waals surface area contributed by atoms with E-state index in [9.17, 15) is 9.59 Å². The Kier molecular flexibility index (Phi) is 5.99. The van der Waals surface area contributed by atoms with Gasteiger partial charge in [-0.3, -0.25) is 9.59 Å². The van der Waals surface area contributed by atoms with Crippen LogP contribution in [0.5, 0.6) is 0 Å². The topological polar surface area (TPSA) is 79.3 Å². The van der Waals surface area contributed by atoms with Crippen LogP contribution in [0.15, 0.2) is 12.4 Å². The molecule has 28 heavy (non-hydrogen) atoms. The van der Waals surface area contributed by atoms with Crippen LogP contribution < -0.4 is 10.6 Å². The van der Waals surface area contributed by atoms with Gasteiger partial charge in [-0.1, -0.05) is 12.8 Å². The first-order valence-electron chi connectivity index (χ1n) is 10.9. The largest absolute Gasteiger partial charge is 0.353 e. The van der Waals surface area contributed by atoms with E-state index in [-0.39, 0.29) is 35.7 Å². The summed E-state index contributed by atoms with van der Waals surface area (Å²) < 4.78 is 2.01. The van der Waals surface area contributed by atoms with Gasteiger partial charge in [-0.25, -0.2) is 4.98 Å². The van der Waals surface area contributed by atoms with Crippen LogP contribution in [0.1, 0.15) is 63.2 Å². The summed E-state index contributed by atoms with van der Waals surface area (Å²) in [5.41, 5.74) is 0. The molecule has 2 amide bonds. The van der Waals surface area contributed by atoms with E-state index in [1.165, 1.54) is 12.8 Å². The third-order valence-electron chi connectivity index (χ3n) is 6.83. The molecule has 0 radical (unpaired) electrons. The summed E-state index contributed by atoms with van der Waals surface area (Å²) in [6.45, 7) is 2.32. The lowest BCUT2D eigenvalue weighted by atomic mass is 9.84. The maximum atomic E-state index is 13.3. The Morgan fingerprint density at radius 1 is 1.11 bits per heavy atom. The van der Waals surface area contributed by atoms with Crippen LogP contribution in [0.4, 0.5) is 0 Å². The highest BCUT2D eigenvalue weighted by Gasteiger charge is 2.36. The Hall–Kier alpha value is -1.89. The van der Waals surface area contributed by atoms with Crippen molar-refractivity contribution < 1.29 is 9.59 Å². The Morgan fingerprint density at radius 3 is 2.54 bits per heavy atom. The van der Waals surface area contributed by atoms with E-state index in [1.54, 1.807) is 6.20 Å². The summed E-state index contributed by atoms with van der Waals surface area (Å²) in [6.07, 6.45) is 11.7. The third-order valence-corrected chi connectivity index (χ3v) is 6.83. The minimum absolute atomic E-state index is 0.000966. The molecule has 0 aromatic carbocycles. The number of amides is 2. The molecule has 154 valence electrons. The quantitative estimate of drug-likeness (QED) is 0.825. The second-order valence-corrected chi connectivity index (χ2v) is 8.69. The fourth-order valence-corrected chi connectivity index (χ4v) is 5.12. The fraction of sp³-hybridized carbons (Fsp3) is 0.762. The molecule has 7 nitrogen and oxygen atoms in total. The normalized spacial score (nSPS) is 29.0. The molecule has 2 aliphatic carbocycles. The average molecular weight is 388 g/mol. The SMILES string of the molecule is Cn1ccnc1C1CNCCN1C(=O)C1CCC(NC(=O)C2CCCC2)CC1. The van der Waals surface area contributed by atoms with Crippen LogP contribution in [-0.4, -0.2) is 51.9 Å². The van der Waals surface area contributed by atoms with Crippen molar-refractivity contribution in [3.63, 3.8) is 0 Å². The predicted octanol–water partition coefficient (Wildman–Crippen LogP) is 1.76. The molecule has 0 spiro atoms. The van der Waals surface area contributed by atoms with E-state index >= 15 is 0 Å². The zero-order valence-corrected chi connectivity index (χ0v) is 16.9. The van der Waals surface area contributed by atoms with Crippen molar-refractivity contribution in [3.8, 4) is 0 Å². The summed E-state index contributed by atoms with van der Waals surface area (Å²) in [7, 11) is 1.98. The van der Waals surface area contributed by atoms with Crippen LogP contribution in [0, 0.1) is 11.8 Å². The molecule has 3 aliphatic rings. The summed E-state index contributed by atoms with van der Waals surface area (Å²) in [5, 5.41) is 6.65. The van der Waals surface area contributed by atoms with Crippen molar-refractivity contribution >= 4 is 11.8 Å². The molecule has 3 fully saturated rings. The van der Waals surface area contributed by atoms with Crippen molar-refractivity contribution in [3.05, 3.63) is 18.2 Å². The first kappa shape index (κ1) is 19.4. The Balaban J connectivity index is 1.32. The molecular formula is C21H33N5O2. The lowest BCUT2D eigenvalue weighted by molar-refractivity contribution is -0.140. The standard InChI is InChI=1S/C21H33N5O2/c1-25-12-11-23-19(25)18-14-22-10-13-26(18)21(28)16-6-8-17(9-7-16)24-20(27)15-4-2-3-5-15/h11-12,15-18,22H,2-10,13-14H2,1H3,(H,24,27). The van der Waals surface area contributed by atoms with Gasteiger partial charge in [0.25, 0.3) is 0 Å². The molecule has 7 heteroatoms. The number of piperazine rings is 1. The van der Waals surface area contributed by atoms with E-state index in [1.807, 2.05) is 22.7 Å². The Morgan fingerprint density at radius 2 is 1.86 bits per heavy atom. The molecule has 1 saturated heterocycles. The van der Waals surface area contributed by atoms with Gasteiger partial charge in [-0.05, 0) is 38.5 Å². The van der Waals surface area contributed by atoms with Gasteiger partial charge in [-0.2, -0.15) is 0 Å². The van der Waals surface area contributed by atoms with Crippen LogP contribution in [0.25, 0.3) is 0 Å². The molecule has 2 N–H and O–H groups in total. The van der Waals surface area contributed by atoms with E-state index in [0.717, 1.165) is 64.0 Å². The Labute approximate surface area is 167 Å². The lowest BCUT2D eigenvalue weighted by Gasteiger charge is -2.39. The maximum absolute atomic E-state index is 13.3. The smallest absolute Gasteiger partial charge is 0.226 e. The van der Waals surface area contributed by atoms with Gasteiger partial charge in [0.15, 0.2) is 0 Å². The number of aromatic nitrogens is 2. The van der Waals surface area contributed by atoms with E-state index < -0.39 is 0 Å². The van der Waals surface area contributed by atoms with Crippen molar-refractivity contribution in [2.45, 2.75) is 63.5 Å². The van der Waals surface area contributed by atoms with Crippen molar-refractivity contribution in [2.75, 3.05) is 19.6 Å². The summed E-state index contributed by atoms with van der Waals surface area (Å²) >= 11 is 0. The van der Waals surface area contributed by atoms with Crippen LogP contribution in [-0.2, 0) is 16.6 Å². The number of nitrogens with one attached hydrogen (secondary N) is 2. The van der Waals surface area contributed by atoms with Gasteiger partial charge in [-0.15, -0.1) is 0 Å². The monoisotopic (exact) mass is 387 g/mol. The molecule has 2 saturated carbocycles. The molecular weight excluding hydrogens is 354 g/mol. The molecule has 4 rings (SSSR count). The summed E-state index contributed by atoms with van der Waals surface area (Å²) in [6, 6.07) is 0.242.